The molecule has 9 nitrogen and oxygen atoms in total. The van der Waals surface area contributed by atoms with Crippen molar-refractivity contribution in [2.45, 2.75) is 42.9 Å². The van der Waals surface area contributed by atoms with Gasteiger partial charge in [0.1, 0.15) is 0 Å². The zero-order valence-corrected chi connectivity index (χ0v) is 15.7. The lowest BCUT2D eigenvalue weighted by Crippen LogP contribution is -2.39. The van der Waals surface area contributed by atoms with Crippen molar-refractivity contribution >= 4 is 39.3 Å². The van der Waals surface area contributed by atoms with E-state index in [-0.39, 0.29) is 17.7 Å². The first-order chi connectivity index (χ1) is 12.0. The Kier molecular flexibility index (Phi) is 5.64. The lowest BCUT2D eigenvalue weighted by atomic mass is 10.2. The quantitative estimate of drug-likeness (QED) is 0.529. The summed E-state index contributed by atoms with van der Waals surface area (Å²) in [6, 6.07) is -0.339. The van der Waals surface area contributed by atoms with Crippen LogP contribution < -0.4 is 4.90 Å². The summed E-state index contributed by atoms with van der Waals surface area (Å²) in [6.45, 7) is 2.69. The lowest BCUT2D eigenvalue weighted by molar-refractivity contribution is -0.158. The molecule has 1 aromatic rings. The second-order valence-corrected chi connectivity index (χ2v) is 8.53. The zero-order valence-electron chi connectivity index (χ0n) is 14.0. The lowest BCUT2D eigenvalue weighted by Gasteiger charge is -2.21. The number of rotatable bonds is 6. The first-order valence-corrected chi connectivity index (χ1v) is 10.2. The van der Waals surface area contributed by atoms with Gasteiger partial charge in [0.05, 0.1) is 17.3 Å². The highest BCUT2D eigenvalue weighted by Gasteiger charge is 2.42. The molecular weight excluding hydrogens is 368 g/mol. The Morgan fingerprint density at radius 3 is 2.96 bits per heavy atom. The van der Waals surface area contributed by atoms with Crippen LogP contribution in [0.25, 0.3) is 0 Å². The van der Waals surface area contributed by atoms with Gasteiger partial charge in [0.2, 0.25) is 15.7 Å². The van der Waals surface area contributed by atoms with Crippen molar-refractivity contribution in [1.29, 1.82) is 0 Å². The van der Waals surface area contributed by atoms with Gasteiger partial charge in [-0.2, -0.15) is 0 Å². The van der Waals surface area contributed by atoms with Gasteiger partial charge in [-0.15, -0.1) is 10.2 Å². The van der Waals surface area contributed by atoms with Crippen molar-refractivity contribution in [2.75, 3.05) is 30.9 Å². The first kappa shape index (κ1) is 18.2. The molecule has 3 atom stereocenters. The molecule has 3 heterocycles. The predicted molar refractivity (Wildman–Crippen MR) is 90.8 cm³/mol. The van der Waals surface area contributed by atoms with E-state index in [1.807, 2.05) is 6.92 Å². The van der Waals surface area contributed by atoms with Gasteiger partial charge in [-0.1, -0.05) is 18.3 Å². The van der Waals surface area contributed by atoms with Gasteiger partial charge in [0.15, 0.2) is 6.10 Å². The fourth-order valence-corrected chi connectivity index (χ4v) is 4.77. The summed E-state index contributed by atoms with van der Waals surface area (Å²) in [4.78, 5) is 27.4. The van der Waals surface area contributed by atoms with E-state index in [1.54, 1.807) is 7.05 Å². The molecule has 138 valence electrons. The van der Waals surface area contributed by atoms with Gasteiger partial charge < -0.3 is 14.4 Å². The molecule has 11 heteroatoms. The number of hydrogen-bond acceptors (Lipinski definition) is 8. The number of aromatic nitrogens is 2. The smallest absolute Gasteiger partial charge is 0.337 e. The average molecular weight is 388 g/mol. The standard InChI is InChI=1S/C14H20N4O5S2/c1-3-7-25(21)13-16-15-12(24-13)18-10(8-17(2)14(18)20)23-11(19)9-5-4-6-22-9/h9-10H,3-8H2,1-2H3. The minimum absolute atomic E-state index is 0.226. The Bertz CT molecular complexity index is 676. The first-order valence-electron chi connectivity index (χ1n) is 8.09. The van der Waals surface area contributed by atoms with Gasteiger partial charge in [-0.05, 0) is 19.3 Å². The second-order valence-electron chi connectivity index (χ2n) is 5.83. The summed E-state index contributed by atoms with van der Waals surface area (Å²) in [5.74, 6) is 0.00908. The number of carbonyl (C=O) groups is 2. The fourth-order valence-electron chi connectivity index (χ4n) is 2.63. The minimum atomic E-state index is -1.24. The van der Waals surface area contributed by atoms with Gasteiger partial charge in [0, 0.05) is 19.4 Å². The maximum atomic E-state index is 12.4. The predicted octanol–water partition coefficient (Wildman–Crippen LogP) is 0.976. The van der Waals surface area contributed by atoms with Crippen LogP contribution in [0.1, 0.15) is 26.2 Å². The molecule has 0 bridgehead atoms. The van der Waals surface area contributed by atoms with E-state index in [0.29, 0.717) is 23.1 Å². The molecule has 0 aliphatic carbocycles. The molecule has 0 radical (unpaired) electrons. The number of amides is 2. The topological polar surface area (TPSA) is 102 Å². The van der Waals surface area contributed by atoms with E-state index in [0.717, 1.165) is 24.2 Å². The molecule has 0 spiro atoms. The number of hydrogen-bond donors (Lipinski definition) is 0. The number of carbonyl (C=O) groups excluding carboxylic acids is 2. The Balaban J connectivity index is 1.75. The molecule has 0 N–H and O–H groups in total. The van der Waals surface area contributed by atoms with Gasteiger partial charge >= 0.3 is 12.0 Å². The van der Waals surface area contributed by atoms with Crippen LogP contribution >= 0.6 is 11.3 Å². The average Bonchev–Trinajstić information content (AvgIpc) is 3.30. The van der Waals surface area contributed by atoms with E-state index < -0.39 is 29.1 Å². The van der Waals surface area contributed by atoms with Gasteiger partial charge in [-0.3, -0.25) is 4.21 Å². The fraction of sp³-hybridized carbons (Fsp3) is 0.714. The summed E-state index contributed by atoms with van der Waals surface area (Å²) in [6.07, 6.45) is 0.818. The third-order valence-corrected chi connectivity index (χ3v) is 6.66. The molecule has 0 saturated carbocycles. The van der Waals surface area contributed by atoms with E-state index in [2.05, 4.69) is 10.2 Å². The molecule has 1 aromatic heterocycles. The number of likely N-dealkylation sites (N-methyl/N-ethyl adjacent to an activating group) is 1. The van der Waals surface area contributed by atoms with Crippen molar-refractivity contribution in [3.8, 4) is 0 Å². The van der Waals surface area contributed by atoms with E-state index in [1.165, 1.54) is 9.80 Å². The van der Waals surface area contributed by atoms with Crippen LogP contribution in [0.2, 0.25) is 0 Å². The summed E-state index contributed by atoms with van der Waals surface area (Å²) in [7, 11) is 0.376. The number of nitrogens with zero attached hydrogens (tertiary/aromatic N) is 4. The van der Waals surface area contributed by atoms with E-state index in [4.69, 9.17) is 9.47 Å². The van der Waals surface area contributed by atoms with Crippen LogP contribution in [0.5, 0.6) is 0 Å². The molecular formula is C14H20N4O5S2. The zero-order chi connectivity index (χ0) is 18.0. The Morgan fingerprint density at radius 1 is 1.48 bits per heavy atom. The van der Waals surface area contributed by atoms with Crippen LogP contribution in [0.3, 0.4) is 0 Å². The Hall–Kier alpha value is -1.59. The molecule has 2 amide bonds. The molecule has 2 fully saturated rings. The number of esters is 1. The second kappa shape index (κ2) is 7.75. The van der Waals surface area contributed by atoms with Crippen molar-refractivity contribution < 1.29 is 23.3 Å². The maximum Gasteiger partial charge on any atom is 0.337 e. The van der Waals surface area contributed by atoms with Gasteiger partial charge in [-0.25, -0.2) is 14.5 Å². The molecule has 25 heavy (non-hydrogen) atoms. The molecule has 3 unspecified atom stereocenters. The van der Waals surface area contributed by atoms with Gasteiger partial charge in [0.25, 0.3) is 0 Å². The molecule has 3 rings (SSSR count). The van der Waals surface area contributed by atoms with Crippen LogP contribution in [0, 0.1) is 0 Å². The Morgan fingerprint density at radius 2 is 2.28 bits per heavy atom. The third-order valence-electron chi connectivity index (χ3n) is 3.88. The SMILES string of the molecule is CCCS(=O)c1nnc(N2C(=O)N(C)CC2OC(=O)C2CCCO2)s1. The van der Waals surface area contributed by atoms with E-state index in [9.17, 15) is 13.8 Å². The summed E-state index contributed by atoms with van der Waals surface area (Å²) in [5, 5.41) is 8.17. The normalized spacial score (nSPS) is 24.8. The molecule has 2 aliphatic heterocycles. The number of ether oxygens (including phenoxy) is 2. The summed E-state index contributed by atoms with van der Waals surface area (Å²) in [5.41, 5.74) is 0. The van der Waals surface area contributed by atoms with Crippen LogP contribution in [-0.2, 0) is 25.1 Å². The van der Waals surface area contributed by atoms with Crippen molar-refractivity contribution in [3.05, 3.63) is 0 Å². The number of urea groups is 1. The third kappa shape index (κ3) is 3.82. The van der Waals surface area contributed by atoms with Crippen LogP contribution in [-0.4, -0.2) is 69.6 Å². The van der Waals surface area contributed by atoms with E-state index >= 15 is 0 Å². The van der Waals surface area contributed by atoms with Crippen molar-refractivity contribution in [3.63, 3.8) is 0 Å². The molecule has 2 aliphatic rings. The maximum absolute atomic E-state index is 12.4. The van der Waals surface area contributed by atoms with Crippen LogP contribution in [0.15, 0.2) is 4.34 Å². The number of anilines is 1. The Labute approximate surface area is 151 Å². The molecule has 2 saturated heterocycles. The highest BCUT2D eigenvalue weighted by Crippen LogP contribution is 2.30. The molecule has 0 aromatic carbocycles. The minimum Gasteiger partial charge on any atom is -0.437 e. The van der Waals surface area contributed by atoms with Crippen molar-refractivity contribution in [1.82, 2.24) is 15.1 Å². The monoisotopic (exact) mass is 388 g/mol. The summed E-state index contributed by atoms with van der Waals surface area (Å²) >= 11 is 1.08. The van der Waals surface area contributed by atoms with Crippen molar-refractivity contribution in [2.24, 2.45) is 0 Å². The van der Waals surface area contributed by atoms with Crippen LogP contribution in [0.4, 0.5) is 9.93 Å². The summed E-state index contributed by atoms with van der Waals surface area (Å²) < 4.78 is 23.2. The largest absolute Gasteiger partial charge is 0.437 e. The highest BCUT2D eigenvalue weighted by molar-refractivity contribution is 7.87. The highest BCUT2D eigenvalue weighted by atomic mass is 32.2.